The van der Waals surface area contributed by atoms with E-state index < -0.39 is 5.97 Å². The summed E-state index contributed by atoms with van der Waals surface area (Å²) in [6.07, 6.45) is 1.69. The van der Waals surface area contributed by atoms with E-state index in [4.69, 9.17) is 11.6 Å². The van der Waals surface area contributed by atoms with Crippen LogP contribution < -0.4 is 0 Å². The summed E-state index contributed by atoms with van der Waals surface area (Å²) in [7, 11) is 0. The van der Waals surface area contributed by atoms with E-state index in [1.54, 1.807) is 24.3 Å². The van der Waals surface area contributed by atoms with Crippen LogP contribution in [0.4, 0.5) is 0 Å². The normalized spacial score (nSPS) is 21.1. The predicted molar refractivity (Wildman–Crippen MR) is 95.4 cm³/mol. The monoisotopic (exact) mass is 355 g/mol. The number of nitrogens with zero attached hydrogens (tertiary/aromatic N) is 1. The van der Waals surface area contributed by atoms with Gasteiger partial charge in [0.2, 0.25) is 0 Å². The van der Waals surface area contributed by atoms with E-state index in [2.05, 4.69) is 0 Å². The van der Waals surface area contributed by atoms with Gasteiger partial charge in [-0.15, -0.1) is 0 Å². The van der Waals surface area contributed by atoms with Gasteiger partial charge in [-0.05, 0) is 53.6 Å². The number of hydrogen-bond donors (Lipinski definition) is 1. The molecule has 1 amide bonds. The summed E-state index contributed by atoms with van der Waals surface area (Å²) < 4.78 is 0. The molecule has 0 saturated heterocycles. The van der Waals surface area contributed by atoms with Gasteiger partial charge in [0.1, 0.15) is 0 Å². The minimum atomic E-state index is -0.902. The second-order valence-corrected chi connectivity index (χ2v) is 7.20. The molecule has 0 bridgehead atoms. The Labute approximate surface area is 151 Å². The summed E-state index contributed by atoms with van der Waals surface area (Å²) in [6.45, 7) is 2.49. The largest absolute Gasteiger partial charge is 0.478 e. The molecule has 0 fully saturated rings. The standard InChI is InChI=1S/C20H18ClNO3/c1-11-10-22(19(23)13-4-2-3-5-15(13)21)16-9-7-12-6-8-14(20(24)25)17(11)18(12)16/h2-6,8,11,16H,7,9-10H2,1H3,(H,24,25)/t11?,16-/m1/s1. The first kappa shape index (κ1) is 16.2. The molecule has 0 radical (unpaired) electrons. The van der Waals surface area contributed by atoms with Crippen molar-refractivity contribution in [2.75, 3.05) is 6.54 Å². The highest BCUT2D eigenvalue weighted by Gasteiger charge is 2.41. The number of hydrogen-bond acceptors (Lipinski definition) is 2. The lowest BCUT2D eigenvalue weighted by Gasteiger charge is -2.39. The van der Waals surface area contributed by atoms with Gasteiger partial charge in [0.05, 0.1) is 22.2 Å². The van der Waals surface area contributed by atoms with E-state index in [0.717, 1.165) is 29.5 Å². The van der Waals surface area contributed by atoms with Crippen molar-refractivity contribution in [1.82, 2.24) is 4.90 Å². The molecular weight excluding hydrogens is 338 g/mol. The van der Waals surface area contributed by atoms with Crippen molar-refractivity contribution in [2.24, 2.45) is 0 Å². The molecule has 0 spiro atoms. The van der Waals surface area contributed by atoms with Crippen LogP contribution in [0, 0.1) is 0 Å². The van der Waals surface area contributed by atoms with E-state index in [9.17, 15) is 14.7 Å². The van der Waals surface area contributed by atoms with Gasteiger partial charge in [-0.3, -0.25) is 4.79 Å². The molecule has 2 aliphatic rings. The van der Waals surface area contributed by atoms with Crippen molar-refractivity contribution in [3.05, 3.63) is 69.2 Å². The van der Waals surface area contributed by atoms with Crippen molar-refractivity contribution in [1.29, 1.82) is 0 Å². The fraction of sp³-hybridized carbons (Fsp3) is 0.300. The summed E-state index contributed by atoms with van der Waals surface area (Å²) in [5.41, 5.74) is 3.97. The van der Waals surface area contributed by atoms with E-state index >= 15 is 0 Å². The Balaban J connectivity index is 1.81. The number of halogens is 1. The SMILES string of the molecule is CC1CN(C(=O)c2ccccc2Cl)[C@@H]2CCc3ccc(C(=O)O)c1c32. The Morgan fingerprint density at radius 2 is 1.88 bits per heavy atom. The van der Waals surface area contributed by atoms with Crippen LogP contribution in [-0.4, -0.2) is 28.4 Å². The van der Waals surface area contributed by atoms with E-state index in [1.807, 2.05) is 24.0 Å². The van der Waals surface area contributed by atoms with E-state index in [1.165, 1.54) is 0 Å². The zero-order valence-corrected chi connectivity index (χ0v) is 14.6. The molecule has 25 heavy (non-hydrogen) atoms. The third kappa shape index (κ3) is 2.44. The first-order chi connectivity index (χ1) is 12.0. The Bertz CT molecular complexity index is 893. The van der Waals surface area contributed by atoms with Crippen LogP contribution in [0.2, 0.25) is 5.02 Å². The van der Waals surface area contributed by atoms with Gasteiger partial charge in [-0.1, -0.05) is 36.7 Å². The maximum Gasteiger partial charge on any atom is 0.335 e. The van der Waals surface area contributed by atoms with Gasteiger partial charge < -0.3 is 10.0 Å². The first-order valence-electron chi connectivity index (χ1n) is 8.43. The summed E-state index contributed by atoms with van der Waals surface area (Å²) in [5.74, 6) is -1.01. The Morgan fingerprint density at radius 3 is 2.60 bits per heavy atom. The lowest BCUT2D eigenvalue weighted by molar-refractivity contribution is 0.0641. The van der Waals surface area contributed by atoms with Crippen molar-refractivity contribution < 1.29 is 14.7 Å². The lowest BCUT2D eigenvalue weighted by atomic mass is 9.83. The molecule has 2 atom stereocenters. The first-order valence-corrected chi connectivity index (χ1v) is 8.81. The third-order valence-electron chi connectivity index (χ3n) is 5.33. The quantitative estimate of drug-likeness (QED) is 0.874. The Hall–Kier alpha value is -2.33. The minimum Gasteiger partial charge on any atom is -0.478 e. The fourth-order valence-corrected chi connectivity index (χ4v) is 4.50. The number of amides is 1. The van der Waals surface area contributed by atoms with Crippen molar-refractivity contribution in [3.63, 3.8) is 0 Å². The number of carbonyl (C=O) groups excluding carboxylic acids is 1. The number of carboxylic acid groups (broad SMARTS) is 1. The van der Waals surface area contributed by atoms with Gasteiger partial charge in [0.25, 0.3) is 5.91 Å². The molecule has 0 aromatic heterocycles. The summed E-state index contributed by atoms with van der Waals surface area (Å²) >= 11 is 6.22. The van der Waals surface area contributed by atoms with Gasteiger partial charge in [0, 0.05) is 6.54 Å². The highest BCUT2D eigenvalue weighted by Crippen LogP contribution is 2.46. The molecule has 0 saturated carbocycles. The van der Waals surface area contributed by atoms with E-state index in [-0.39, 0.29) is 17.9 Å². The highest BCUT2D eigenvalue weighted by atomic mass is 35.5. The average Bonchev–Trinajstić information content (AvgIpc) is 3.02. The number of aromatic carboxylic acids is 1. The number of benzene rings is 2. The number of carboxylic acids is 1. The molecule has 4 rings (SSSR count). The van der Waals surface area contributed by atoms with Gasteiger partial charge in [-0.25, -0.2) is 4.79 Å². The summed E-state index contributed by atoms with van der Waals surface area (Å²) in [4.78, 5) is 26.6. The zero-order valence-electron chi connectivity index (χ0n) is 13.8. The predicted octanol–water partition coefficient (Wildman–Crippen LogP) is 4.29. The molecule has 2 aromatic rings. The topological polar surface area (TPSA) is 57.6 Å². The smallest absolute Gasteiger partial charge is 0.335 e. The molecule has 5 heteroatoms. The number of aryl methyl sites for hydroxylation is 1. The van der Waals surface area contributed by atoms with Gasteiger partial charge in [-0.2, -0.15) is 0 Å². The molecule has 1 heterocycles. The van der Waals surface area contributed by atoms with Crippen LogP contribution >= 0.6 is 11.6 Å². The van der Waals surface area contributed by atoms with Crippen LogP contribution in [0.15, 0.2) is 36.4 Å². The van der Waals surface area contributed by atoms with Crippen LogP contribution in [0.5, 0.6) is 0 Å². The molecule has 2 aromatic carbocycles. The molecule has 128 valence electrons. The van der Waals surface area contributed by atoms with Crippen molar-refractivity contribution >= 4 is 23.5 Å². The van der Waals surface area contributed by atoms with Crippen LogP contribution in [0.1, 0.15) is 62.7 Å². The number of carbonyl (C=O) groups is 2. The van der Waals surface area contributed by atoms with Crippen molar-refractivity contribution in [2.45, 2.75) is 31.7 Å². The molecule has 4 nitrogen and oxygen atoms in total. The Morgan fingerprint density at radius 1 is 1.12 bits per heavy atom. The van der Waals surface area contributed by atoms with Gasteiger partial charge in [0.15, 0.2) is 0 Å². The Kier molecular flexibility index (Phi) is 3.80. The molecule has 1 aliphatic carbocycles. The lowest BCUT2D eigenvalue weighted by Crippen LogP contribution is -2.41. The van der Waals surface area contributed by atoms with Crippen molar-refractivity contribution in [3.8, 4) is 0 Å². The van der Waals surface area contributed by atoms with Crippen LogP contribution in [-0.2, 0) is 6.42 Å². The molecule has 1 unspecified atom stereocenters. The molecular formula is C20H18ClNO3. The zero-order chi connectivity index (χ0) is 17.7. The molecule has 1 aliphatic heterocycles. The van der Waals surface area contributed by atoms with E-state index in [0.29, 0.717) is 22.7 Å². The molecule has 1 N–H and O–H groups in total. The highest BCUT2D eigenvalue weighted by molar-refractivity contribution is 6.33. The van der Waals surface area contributed by atoms with Crippen LogP contribution in [0.3, 0.4) is 0 Å². The second kappa shape index (κ2) is 5.88. The maximum absolute atomic E-state index is 13.1. The summed E-state index contributed by atoms with van der Waals surface area (Å²) in [5, 5.41) is 10.00. The van der Waals surface area contributed by atoms with Gasteiger partial charge >= 0.3 is 5.97 Å². The summed E-state index contributed by atoms with van der Waals surface area (Å²) in [6, 6.07) is 10.6. The second-order valence-electron chi connectivity index (χ2n) is 6.80. The average molecular weight is 356 g/mol. The van der Waals surface area contributed by atoms with Crippen LogP contribution in [0.25, 0.3) is 0 Å². The minimum absolute atomic E-state index is 0.0261. The third-order valence-corrected chi connectivity index (χ3v) is 5.66. The number of rotatable bonds is 2. The maximum atomic E-state index is 13.1. The fourth-order valence-electron chi connectivity index (χ4n) is 4.29.